The molecule has 4 nitrogen and oxygen atoms in total. The molecular weight excluding hydrogens is 273 g/mol. The molecule has 1 amide bonds. The summed E-state index contributed by atoms with van der Waals surface area (Å²) in [7, 11) is 0. The molecule has 0 aliphatic rings. The van der Waals surface area contributed by atoms with Crippen molar-refractivity contribution in [1.29, 1.82) is 0 Å². The van der Waals surface area contributed by atoms with Crippen molar-refractivity contribution in [2.24, 2.45) is 0 Å². The van der Waals surface area contributed by atoms with Gasteiger partial charge >= 0.3 is 0 Å². The number of hydrogen-bond donors (Lipinski definition) is 2. The molecule has 2 rings (SSSR count). The van der Waals surface area contributed by atoms with Gasteiger partial charge in [0.25, 0.3) is 5.91 Å². The number of benzene rings is 2. The van der Waals surface area contributed by atoms with E-state index in [-0.39, 0.29) is 16.9 Å². The Morgan fingerprint density at radius 1 is 1.33 bits per heavy atom. The van der Waals surface area contributed by atoms with E-state index in [9.17, 15) is 19.1 Å². The first-order valence-corrected chi connectivity index (χ1v) is 6.43. The smallest absolute Gasteiger partial charge is 0.254 e. The molecule has 0 saturated carbocycles. The van der Waals surface area contributed by atoms with E-state index in [2.05, 4.69) is 5.32 Å². The summed E-state index contributed by atoms with van der Waals surface area (Å²) < 4.78 is 14.0. The molecule has 0 bridgehead atoms. The summed E-state index contributed by atoms with van der Waals surface area (Å²) in [6, 6.07) is 8.66. The first-order valence-electron chi connectivity index (χ1n) is 6.43. The monoisotopic (exact) mass is 287 g/mol. The van der Waals surface area contributed by atoms with E-state index in [1.165, 1.54) is 18.2 Å². The Kier molecular flexibility index (Phi) is 4.33. The molecule has 2 aromatic rings. The predicted molar refractivity (Wildman–Crippen MR) is 76.9 cm³/mol. The van der Waals surface area contributed by atoms with E-state index in [4.69, 9.17) is 0 Å². The van der Waals surface area contributed by atoms with E-state index in [1.54, 1.807) is 19.1 Å². The van der Waals surface area contributed by atoms with Crippen LogP contribution in [0.2, 0.25) is 0 Å². The van der Waals surface area contributed by atoms with Crippen molar-refractivity contribution in [3.05, 3.63) is 53.3 Å². The van der Waals surface area contributed by atoms with Gasteiger partial charge in [0.2, 0.25) is 0 Å². The number of carbonyl (C=O) groups is 2. The lowest BCUT2D eigenvalue weighted by atomic mass is 10.00. The van der Waals surface area contributed by atoms with Crippen molar-refractivity contribution in [3.8, 4) is 16.9 Å². The molecule has 0 spiro atoms. The zero-order valence-electron chi connectivity index (χ0n) is 11.4. The van der Waals surface area contributed by atoms with E-state index in [1.807, 2.05) is 0 Å². The number of amides is 1. The van der Waals surface area contributed by atoms with Gasteiger partial charge in [-0.15, -0.1) is 0 Å². The van der Waals surface area contributed by atoms with Crippen LogP contribution in [0.25, 0.3) is 11.1 Å². The van der Waals surface area contributed by atoms with Crippen molar-refractivity contribution in [1.82, 2.24) is 5.32 Å². The molecule has 0 aliphatic heterocycles. The van der Waals surface area contributed by atoms with Crippen molar-refractivity contribution >= 4 is 12.2 Å². The molecule has 2 aromatic carbocycles. The number of aldehydes is 1. The molecule has 0 aromatic heterocycles. The summed E-state index contributed by atoms with van der Waals surface area (Å²) in [5.74, 6) is -1.39. The Bertz CT molecular complexity index is 698. The maximum Gasteiger partial charge on any atom is 0.254 e. The topological polar surface area (TPSA) is 66.4 Å². The van der Waals surface area contributed by atoms with Crippen LogP contribution in [-0.4, -0.2) is 23.8 Å². The zero-order chi connectivity index (χ0) is 15.4. The number of carbonyl (C=O) groups excluding carboxylic acids is 2. The fraction of sp³-hybridized carbons (Fsp3) is 0.125. The molecule has 0 atom stereocenters. The standard InChI is InChI=1S/C16H14FNO3/c1-2-18-16(21)13-7-6-10(8-14(13)17)12-5-3-4-11(9-19)15(12)20/h3-9,20H,2H2,1H3,(H,18,21). The van der Waals surface area contributed by atoms with E-state index in [0.29, 0.717) is 24.0 Å². The van der Waals surface area contributed by atoms with Gasteiger partial charge in [-0.3, -0.25) is 9.59 Å². The molecule has 0 heterocycles. The summed E-state index contributed by atoms with van der Waals surface area (Å²) in [5.41, 5.74) is 0.787. The quantitative estimate of drug-likeness (QED) is 0.850. The van der Waals surface area contributed by atoms with Crippen molar-refractivity contribution in [3.63, 3.8) is 0 Å². The average Bonchev–Trinajstić information content (AvgIpc) is 2.47. The summed E-state index contributed by atoms with van der Waals surface area (Å²) in [5, 5.41) is 12.5. The normalized spacial score (nSPS) is 10.2. The van der Waals surface area contributed by atoms with E-state index >= 15 is 0 Å². The number of aromatic hydroxyl groups is 1. The van der Waals surface area contributed by atoms with Crippen LogP contribution in [0.15, 0.2) is 36.4 Å². The van der Waals surface area contributed by atoms with Gasteiger partial charge in [-0.25, -0.2) is 4.39 Å². The fourth-order valence-corrected chi connectivity index (χ4v) is 2.01. The number of para-hydroxylation sites is 1. The summed E-state index contributed by atoms with van der Waals surface area (Å²) in [6.07, 6.45) is 0.526. The number of halogens is 1. The van der Waals surface area contributed by atoms with Crippen molar-refractivity contribution in [2.75, 3.05) is 6.54 Å². The van der Waals surface area contributed by atoms with Gasteiger partial charge in [0, 0.05) is 12.1 Å². The molecule has 0 aliphatic carbocycles. The fourth-order valence-electron chi connectivity index (χ4n) is 2.01. The molecule has 0 unspecified atom stereocenters. The van der Waals surface area contributed by atoms with Gasteiger partial charge in [0.05, 0.1) is 11.1 Å². The first-order chi connectivity index (χ1) is 10.1. The second kappa shape index (κ2) is 6.17. The minimum Gasteiger partial charge on any atom is -0.507 e. The third-order valence-corrected chi connectivity index (χ3v) is 3.06. The highest BCUT2D eigenvalue weighted by atomic mass is 19.1. The van der Waals surface area contributed by atoms with Crippen LogP contribution in [-0.2, 0) is 0 Å². The Labute approximate surface area is 121 Å². The van der Waals surface area contributed by atoms with E-state index < -0.39 is 11.7 Å². The third kappa shape index (κ3) is 2.91. The summed E-state index contributed by atoms with van der Waals surface area (Å²) in [6.45, 7) is 2.15. The van der Waals surface area contributed by atoms with Crippen LogP contribution in [0.1, 0.15) is 27.6 Å². The minimum atomic E-state index is -0.686. The Morgan fingerprint density at radius 2 is 2.10 bits per heavy atom. The molecular formula is C16H14FNO3. The largest absolute Gasteiger partial charge is 0.507 e. The molecule has 0 saturated heterocycles. The maximum atomic E-state index is 14.0. The Hall–Kier alpha value is -2.69. The van der Waals surface area contributed by atoms with Gasteiger partial charge in [0.15, 0.2) is 6.29 Å². The van der Waals surface area contributed by atoms with Gasteiger partial charge < -0.3 is 10.4 Å². The highest BCUT2D eigenvalue weighted by molar-refractivity contribution is 5.95. The summed E-state index contributed by atoms with van der Waals surface area (Å²) >= 11 is 0. The number of hydrogen-bond acceptors (Lipinski definition) is 3. The molecule has 5 heteroatoms. The van der Waals surface area contributed by atoms with Crippen molar-refractivity contribution < 1.29 is 19.1 Å². The Balaban J connectivity index is 2.46. The Morgan fingerprint density at radius 3 is 2.71 bits per heavy atom. The number of rotatable bonds is 4. The number of phenols is 1. The third-order valence-electron chi connectivity index (χ3n) is 3.06. The second-order valence-electron chi connectivity index (χ2n) is 4.42. The zero-order valence-corrected chi connectivity index (χ0v) is 11.4. The molecule has 2 N–H and O–H groups in total. The van der Waals surface area contributed by atoms with E-state index in [0.717, 1.165) is 6.07 Å². The molecule has 0 fully saturated rings. The van der Waals surface area contributed by atoms with Crippen LogP contribution in [0.4, 0.5) is 4.39 Å². The maximum absolute atomic E-state index is 14.0. The number of nitrogens with one attached hydrogen (secondary N) is 1. The average molecular weight is 287 g/mol. The minimum absolute atomic E-state index is 0.0633. The van der Waals surface area contributed by atoms with Crippen LogP contribution >= 0.6 is 0 Å². The summed E-state index contributed by atoms with van der Waals surface area (Å²) in [4.78, 5) is 22.4. The molecule has 21 heavy (non-hydrogen) atoms. The van der Waals surface area contributed by atoms with Crippen LogP contribution in [0.5, 0.6) is 5.75 Å². The lowest BCUT2D eigenvalue weighted by molar-refractivity contribution is 0.0951. The van der Waals surface area contributed by atoms with Gasteiger partial charge in [0.1, 0.15) is 11.6 Å². The van der Waals surface area contributed by atoms with Gasteiger partial charge in [-0.1, -0.05) is 18.2 Å². The highest BCUT2D eigenvalue weighted by Gasteiger charge is 2.14. The van der Waals surface area contributed by atoms with Crippen LogP contribution in [0, 0.1) is 5.82 Å². The number of phenolic OH excluding ortho intramolecular Hbond substituents is 1. The SMILES string of the molecule is CCNC(=O)c1ccc(-c2cccc(C=O)c2O)cc1F. The van der Waals surface area contributed by atoms with Crippen molar-refractivity contribution in [2.45, 2.75) is 6.92 Å². The molecule has 108 valence electrons. The molecule has 0 radical (unpaired) electrons. The van der Waals surface area contributed by atoms with Gasteiger partial charge in [-0.05, 0) is 30.7 Å². The van der Waals surface area contributed by atoms with Crippen LogP contribution in [0.3, 0.4) is 0 Å². The second-order valence-corrected chi connectivity index (χ2v) is 4.42. The van der Waals surface area contributed by atoms with Crippen LogP contribution < -0.4 is 5.32 Å². The lowest BCUT2D eigenvalue weighted by Gasteiger charge is -2.09. The lowest BCUT2D eigenvalue weighted by Crippen LogP contribution is -2.23. The highest BCUT2D eigenvalue weighted by Crippen LogP contribution is 2.32. The first kappa shape index (κ1) is 14.7. The predicted octanol–water partition coefficient (Wildman–Crippen LogP) is 2.76. The van der Waals surface area contributed by atoms with Gasteiger partial charge in [-0.2, -0.15) is 0 Å².